The molecule has 0 fully saturated rings. The number of aryl methyl sites for hydroxylation is 1. The van der Waals surface area contributed by atoms with E-state index in [2.05, 4.69) is 5.10 Å². The van der Waals surface area contributed by atoms with E-state index in [1.807, 2.05) is 66.7 Å². The maximum Gasteiger partial charge on any atom is 0.275 e. The molecule has 0 saturated heterocycles. The highest BCUT2D eigenvalue weighted by Gasteiger charge is 2.22. The van der Waals surface area contributed by atoms with Crippen molar-refractivity contribution in [1.82, 2.24) is 14.7 Å². The summed E-state index contributed by atoms with van der Waals surface area (Å²) < 4.78 is 1.23. The second-order valence-corrected chi connectivity index (χ2v) is 6.96. The van der Waals surface area contributed by atoms with Gasteiger partial charge in [-0.25, -0.2) is 4.68 Å². The normalized spacial score (nSPS) is 10.8. The molecule has 3 aromatic carbocycles. The highest BCUT2D eigenvalue weighted by Crippen LogP contribution is 2.18. The Morgan fingerprint density at radius 2 is 1.28 bits per heavy atom. The van der Waals surface area contributed by atoms with Gasteiger partial charge in [-0.15, -0.1) is 0 Å². The van der Waals surface area contributed by atoms with Crippen LogP contribution in [0.25, 0.3) is 10.8 Å². The third kappa shape index (κ3) is 3.94. The van der Waals surface area contributed by atoms with E-state index >= 15 is 0 Å². The predicted octanol–water partition coefficient (Wildman–Crippen LogP) is 3.78. The van der Waals surface area contributed by atoms with Crippen molar-refractivity contribution in [3.63, 3.8) is 0 Å². The van der Waals surface area contributed by atoms with Crippen LogP contribution in [0, 0.1) is 0 Å². The third-order valence-corrected chi connectivity index (χ3v) is 4.88. The zero-order chi connectivity index (χ0) is 20.2. The van der Waals surface area contributed by atoms with Gasteiger partial charge in [0.25, 0.3) is 11.5 Å². The summed E-state index contributed by atoms with van der Waals surface area (Å²) >= 11 is 0. The second-order valence-electron chi connectivity index (χ2n) is 6.96. The minimum atomic E-state index is -0.213. The van der Waals surface area contributed by atoms with Crippen molar-refractivity contribution in [1.29, 1.82) is 0 Å². The Morgan fingerprint density at radius 3 is 1.83 bits per heavy atom. The van der Waals surface area contributed by atoms with Gasteiger partial charge in [0.05, 0.1) is 5.39 Å². The minimum absolute atomic E-state index is 0.204. The molecule has 0 aliphatic carbocycles. The number of aromatic nitrogens is 2. The predicted molar refractivity (Wildman–Crippen MR) is 113 cm³/mol. The lowest BCUT2D eigenvalue weighted by molar-refractivity contribution is 0.0724. The van der Waals surface area contributed by atoms with Crippen molar-refractivity contribution in [2.75, 3.05) is 0 Å². The molecule has 5 nitrogen and oxygen atoms in total. The molecule has 1 heterocycles. The van der Waals surface area contributed by atoms with Crippen LogP contribution >= 0.6 is 0 Å². The molecule has 0 N–H and O–H groups in total. The maximum atomic E-state index is 13.6. The van der Waals surface area contributed by atoms with Crippen LogP contribution in [0.3, 0.4) is 0 Å². The molecule has 4 rings (SSSR count). The van der Waals surface area contributed by atoms with E-state index in [-0.39, 0.29) is 17.2 Å². The molecule has 29 heavy (non-hydrogen) atoms. The zero-order valence-electron chi connectivity index (χ0n) is 16.2. The molecule has 0 aliphatic rings. The van der Waals surface area contributed by atoms with Crippen molar-refractivity contribution >= 4 is 16.7 Å². The van der Waals surface area contributed by atoms with E-state index in [0.29, 0.717) is 23.9 Å². The quantitative estimate of drug-likeness (QED) is 0.527. The Balaban J connectivity index is 1.78. The van der Waals surface area contributed by atoms with Crippen molar-refractivity contribution < 1.29 is 4.79 Å². The Hall–Kier alpha value is -3.73. The molecular formula is C24H21N3O2. The SMILES string of the molecule is Cn1nc(C(=O)N(Cc2ccccc2)Cc2ccccc2)c2ccccc2c1=O. The standard InChI is InChI=1S/C24H21N3O2/c1-26-23(28)21-15-9-8-14-20(21)22(25-26)24(29)27(16-18-10-4-2-5-11-18)17-19-12-6-3-7-13-19/h2-15H,16-17H2,1H3. The molecule has 0 spiro atoms. The van der Waals surface area contributed by atoms with Gasteiger partial charge in [-0.05, 0) is 17.2 Å². The molecule has 1 aromatic heterocycles. The van der Waals surface area contributed by atoms with E-state index < -0.39 is 0 Å². The molecule has 0 radical (unpaired) electrons. The Kier molecular flexibility index (Phi) is 5.20. The minimum Gasteiger partial charge on any atom is -0.329 e. The zero-order valence-corrected chi connectivity index (χ0v) is 16.2. The van der Waals surface area contributed by atoms with Crippen LogP contribution < -0.4 is 5.56 Å². The summed E-state index contributed by atoms with van der Waals surface area (Å²) in [6, 6.07) is 26.9. The number of amides is 1. The Bertz CT molecular complexity index is 1160. The summed E-state index contributed by atoms with van der Waals surface area (Å²) in [6.45, 7) is 0.904. The monoisotopic (exact) mass is 383 g/mol. The molecule has 144 valence electrons. The summed E-state index contributed by atoms with van der Waals surface area (Å²) in [6.07, 6.45) is 0. The van der Waals surface area contributed by atoms with Crippen LogP contribution in [-0.2, 0) is 20.1 Å². The summed E-state index contributed by atoms with van der Waals surface area (Å²) in [5, 5.41) is 5.39. The van der Waals surface area contributed by atoms with Crippen LogP contribution in [0.15, 0.2) is 89.7 Å². The number of hydrogen-bond donors (Lipinski definition) is 0. The van der Waals surface area contributed by atoms with Crippen molar-refractivity contribution in [2.45, 2.75) is 13.1 Å². The number of hydrogen-bond acceptors (Lipinski definition) is 3. The summed E-state index contributed by atoms with van der Waals surface area (Å²) in [4.78, 5) is 27.8. The average Bonchev–Trinajstić information content (AvgIpc) is 2.77. The van der Waals surface area contributed by atoms with Crippen molar-refractivity contribution in [3.8, 4) is 0 Å². The van der Waals surface area contributed by atoms with Gasteiger partial charge >= 0.3 is 0 Å². The molecule has 0 unspecified atom stereocenters. The fourth-order valence-corrected chi connectivity index (χ4v) is 3.41. The molecule has 0 aliphatic heterocycles. The lowest BCUT2D eigenvalue weighted by Crippen LogP contribution is -2.33. The molecule has 0 atom stereocenters. The first kappa shape index (κ1) is 18.6. The van der Waals surface area contributed by atoms with Gasteiger partial charge in [0.1, 0.15) is 0 Å². The van der Waals surface area contributed by atoms with Crippen LogP contribution in [0.1, 0.15) is 21.6 Å². The average molecular weight is 383 g/mol. The fraction of sp³-hybridized carbons (Fsp3) is 0.125. The van der Waals surface area contributed by atoms with Gasteiger partial charge in [-0.2, -0.15) is 5.10 Å². The number of rotatable bonds is 5. The van der Waals surface area contributed by atoms with Gasteiger partial charge < -0.3 is 4.90 Å². The van der Waals surface area contributed by atoms with Crippen LogP contribution in [0.2, 0.25) is 0 Å². The van der Waals surface area contributed by atoms with E-state index in [0.717, 1.165) is 11.1 Å². The number of fused-ring (bicyclic) bond motifs is 1. The second kappa shape index (κ2) is 8.10. The van der Waals surface area contributed by atoms with Gasteiger partial charge in [0.15, 0.2) is 5.69 Å². The first-order chi connectivity index (χ1) is 14.1. The van der Waals surface area contributed by atoms with Gasteiger partial charge in [0, 0.05) is 25.5 Å². The van der Waals surface area contributed by atoms with Crippen LogP contribution in [0.5, 0.6) is 0 Å². The Labute approximate surface area is 168 Å². The third-order valence-electron chi connectivity index (χ3n) is 4.88. The largest absolute Gasteiger partial charge is 0.329 e. The highest BCUT2D eigenvalue weighted by molar-refractivity contribution is 6.04. The number of carbonyl (C=O) groups excluding carboxylic acids is 1. The molecule has 5 heteroatoms. The van der Waals surface area contributed by atoms with E-state index in [4.69, 9.17) is 0 Å². The number of benzene rings is 3. The fourth-order valence-electron chi connectivity index (χ4n) is 3.41. The van der Waals surface area contributed by atoms with Crippen LogP contribution in [0.4, 0.5) is 0 Å². The summed E-state index contributed by atoms with van der Waals surface area (Å²) in [5.74, 6) is -0.204. The summed E-state index contributed by atoms with van der Waals surface area (Å²) in [5.41, 5.74) is 2.14. The molecule has 4 aromatic rings. The first-order valence-electron chi connectivity index (χ1n) is 9.46. The Morgan fingerprint density at radius 1 is 0.793 bits per heavy atom. The molecule has 0 bridgehead atoms. The van der Waals surface area contributed by atoms with Crippen molar-refractivity contribution in [3.05, 3.63) is 112 Å². The van der Waals surface area contributed by atoms with Gasteiger partial charge in [-0.3, -0.25) is 9.59 Å². The first-order valence-corrected chi connectivity index (χ1v) is 9.46. The van der Waals surface area contributed by atoms with E-state index in [1.165, 1.54) is 4.68 Å². The maximum absolute atomic E-state index is 13.6. The lowest BCUT2D eigenvalue weighted by atomic mass is 10.1. The van der Waals surface area contributed by atoms with Crippen molar-refractivity contribution in [2.24, 2.45) is 7.05 Å². The number of carbonyl (C=O) groups is 1. The summed E-state index contributed by atoms with van der Waals surface area (Å²) in [7, 11) is 1.57. The van der Waals surface area contributed by atoms with E-state index in [1.54, 1.807) is 30.1 Å². The highest BCUT2D eigenvalue weighted by atomic mass is 16.2. The number of nitrogens with zero attached hydrogens (tertiary/aromatic N) is 3. The van der Waals surface area contributed by atoms with Crippen LogP contribution in [-0.4, -0.2) is 20.6 Å². The van der Waals surface area contributed by atoms with E-state index in [9.17, 15) is 9.59 Å². The molecule has 0 saturated carbocycles. The van der Waals surface area contributed by atoms with Gasteiger partial charge in [-0.1, -0.05) is 78.9 Å². The lowest BCUT2D eigenvalue weighted by Gasteiger charge is -2.23. The molecule has 1 amide bonds. The topological polar surface area (TPSA) is 55.2 Å². The van der Waals surface area contributed by atoms with Gasteiger partial charge in [0.2, 0.25) is 0 Å². The smallest absolute Gasteiger partial charge is 0.275 e. The molecular weight excluding hydrogens is 362 g/mol.